The van der Waals surface area contributed by atoms with Crippen molar-refractivity contribution in [1.82, 2.24) is 5.32 Å². The molecule has 1 heterocycles. The molecule has 1 aliphatic rings. The highest BCUT2D eigenvalue weighted by Gasteiger charge is 2.13. The van der Waals surface area contributed by atoms with Crippen molar-refractivity contribution in [3.8, 4) is 0 Å². The highest BCUT2D eigenvalue weighted by atomic mass is 16.5. The van der Waals surface area contributed by atoms with Crippen molar-refractivity contribution in [3.05, 3.63) is 35.9 Å². The first kappa shape index (κ1) is 15.4. The Morgan fingerprint density at radius 3 is 2.75 bits per heavy atom. The summed E-state index contributed by atoms with van der Waals surface area (Å²) in [7, 11) is 0. The molecular formula is C16H25NO3. The Labute approximate surface area is 121 Å². The van der Waals surface area contributed by atoms with Crippen molar-refractivity contribution >= 4 is 0 Å². The zero-order valence-corrected chi connectivity index (χ0v) is 12.0. The lowest BCUT2D eigenvalue weighted by molar-refractivity contribution is -0.0315. The number of hydrogen-bond donors (Lipinski definition) is 2. The third-order valence-corrected chi connectivity index (χ3v) is 3.48. The molecule has 0 aliphatic carbocycles. The molecule has 2 unspecified atom stereocenters. The lowest BCUT2D eigenvalue weighted by Gasteiger charge is -2.23. The van der Waals surface area contributed by atoms with E-state index in [2.05, 4.69) is 5.32 Å². The molecule has 0 bridgehead atoms. The highest BCUT2D eigenvalue weighted by molar-refractivity contribution is 5.13. The second-order valence-corrected chi connectivity index (χ2v) is 5.40. The first-order valence-electron chi connectivity index (χ1n) is 7.43. The predicted molar refractivity (Wildman–Crippen MR) is 78.5 cm³/mol. The van der Waals surface area contributed by atoms with E-state index in [0.29, 0.717) is 25.7 Å². The van der Waals surface area contributed by atoms with Gasteiger partial charge in [0, 0.05) is 6.54 Å². The molecule has 1 aromatic carbocycles. The van der Waals surface area contributed by atoms with Crippen LogP contribution in [0.2, 0.25) is 0 Å². The van der Waals surface area contributed by atoms with Crippen LogP contribution >= 0.6 is 0 Å². The van der Waals surface area contributed by atoms with E-state index in [9.17, 15) is 5.11 Å². The van der Waals surface area contributed by atoms with Crippen molar-refractivity contribution in [1.29, 1.82) is 0 Å². The van der Waals surface area contributed by atoms with Gasteiger partial charge >= 0.3 is 0 Å². The highest BCUT2D eigenvalue weighted by Crippen LogP contribution is 2.10. The van der Waals surface area contributed by atoms with Crippen LogP contribution in [0.5, 0.6) is 0 Å². The molecule has 0 radical (unpaired) electrons. The first-order chi connectivity index (χ1) is 9.84. The molecule has 0 saturated carbocycles. The maximum Gasteiger partial charge on any atom is 0.101 e. The molecule has 20 heavy (non-hydrogen) atoms. The second-order valence-electron chi connectivity index (χ2n) is 5.40. The van der Waals surface area contributed by atoms with Gasteiger partial charge in [0.2, 0.25) is 0 Å². The van der Waals surface area contributed by atoms with Crippen molar-refractivity contribution in [3.63, 3.8) is 0 Å². The number of piperidine rings is 1. The first-order valence-corrected chi connectivity index (χ1v) is 7.43. The molecule has 1 aromatic rings. The van der Waals surface area contributed by atoms with Crippen molar-refractivity contribution in [2.75, 3.05) is 32.9 Å². The van der Waals surface area contributed by atoms with E-state index in [1.807, 2.05) is 30.3 Å². The smallest absolute Gasteiger partial charge is 0.101 e. The van der Waals surface area contributed by atoms with Gasteiger partial charge in [-0.1, -0.05) is 30.3 Å². The average molecular weight is 279 g/mol. The standard InChI is InChI=1S/C16H25NO3/c18-16(12-19-10-14-5-2-1-3-6-14)13-20-11-15-7-4-8-17-9-15/h1-3,5-6,15-18H,4,7-13H2. The van der Waals surface area contributed by atoms with Crippen LogP contribution < -0.4 is 5.32 Å². The molecule has 4 nitrogen and oxygen atoms in total. The zero-order valence-electron chi connectivity index (χ0n) is 12.0. The molecule has 2 rings (SSSR count). The Morgan fingerprint density at radius 2 is 2.00 bits per heavy atom. The van der Waals surface area contributed by atoms with Crippen LogP contribution in [0.3, 0.4) is 0 Å². The lowest BCUT2D eigenvalue weighted by atomic mass is 10.0. The fraction of sp³-hybridized carbons (Fsp3) is 0.625. The summed E-state index contributed by atoms with van der Waals surface area (Å²) in [5.41, 5.74) is 1.12. The Morgan fingerprint density at radius 1 is 1.20 bits per heavy atom. The minimum Gasteiger partial charge on any atom is -0.388 e. The van der Waals surface area contributed by atoms with E-state index in [1.54, 1.807) is 0 Å². The minimum absolute atomic E-state index is 0.317. The summed E-state index contributed by atoms with van der Waals surface area (Å²) < 4.78 is 11.0. The number of ether oxygens (including phenoxy) is 2. The quantitative estimate of drug-likeness (QED) is 0.758. The summed E-state index contributed by atoms with van der Waals surface area (Å²) in [6.45, 7) is 4.07. The normalized spacial score (nSPS) is 20.8. The Bertz CT molecular complexity index is 352. The predicted octanol–water partition coefficient (Wildman–Crippen LogP) is 1.58. The summed E-state index contributed by atoms with van der Waals surface area (Å²) in [4.78, 5) is 0. The van der Waals surface area contributed by atoms with Crippen molar-refractivity contribution in [2.24, 2.45) is 5.92 Å². The maximum atomic E-state index is 9.79. The number of aliphatic hydroxyl groups is 1. The second kappa shape index (κ2) is 9.08. The zero-order chi connectivity index (χ0) is 14.0. The molecule has 1 aliphatic heterocycles. The molecule has 4 heteroatoms. The van der Waals surface area contributed by atoms with E-state index in [-0.39, 0.29) is 0 Å². The Balaban J connectivity index is 1.50. The molecule has 112 valence electrons. The summed E-state index contributed by atoms with van der Waals surface area (Å²) in [5.74, 6) is 0.584. The Hall–Kier alpha value is -0.940. The fourth-order valence-electron chi connectivity index (χ4n) is 2.37. The fourth-order valence-corrected chi connectivity index (χ4v) is 2.37. The van der Waals surface area contributed by atoms with Crippen LogP contribution in [0, 0.1) is 5.92 Å². The Kier molecular flexibility index (Phi) is 7.01. The van der Waals surface area contributed by atoms with Crippen molar-refractivity contribution in [2.45, 2.75) is 25.6 Å². The number of aliphatic hydroxyl groups excluding tert-OH is 1. The van der Waals surface area contributed by atoms with Crippen LogP contribution in [0.4, 0.5) is 0 Å². The van der Waals surface area contributed by atoms with Crippen LogP contribution in [-0.2, 0) is 16.1 Å². The van der Waals surface area contributed by atoms with E-state index < -0.39 is 6.10 Å². The molecule has 0 amide bonds. The topological polar surface area (TPSA) is 50.7 Å². The monoisotopic (exact) mass is 279 g/mol. The van der Waals surface area contributed by atoms with Gasteiger partial charge in [-0.05, 0) is 30.9 Å². The van der Waals surface area contributed by atoms with Crippen LogP contribution in [-0.4, -0.2) is 44.1 Å². The van der Waals surface area contributed by atoms with E-state index in [4.69, 9.17) is 9.47 Å². The molecule has 2 N–H and O–H groups in total. The van der Waals surface area contributed by atoms with Gasteiger partial charge in [0.05, 0.1) is 26.4 Å². The lowest BCUT2D eigenvalue weighted by Crippen LogP contribution is -2.33. The van der Waals surface area contributed by atoms with Gasteiger partial charge in [-0.15, -0.1) is 0 Å². The summed E-state index contributed by atoms with van der Waals surface area (Å²) in [5, 5.41) is 13.1. The maximum absolute atomic E-state index is 9.79. The molecular weight excluding hydrogens is 254 g/mol. The summed E-state index contributed by atoms with van der Waals surface area (Å²) in [6, 6.07) is 9.97. The summed E-state index contributed by atoms with van der Waals surface area (Å²) in [6.07, 6.45) is 1.89. The van der Waals surface area contributed by atoms with Gasteiger partial charge in [-0.25, -0.2) is 0 Å². The number of nitrogens with one attached hydrogen (secondary N) is 1. The third-order valence-electron chi connectivity index (χ3n) is 3.48. The van der Waals surface area contributed by atoms with Gasteiger partial charge < -0.3 is 19.9 Å². The van der Waals surface area contributed by atoms with Gasteiger partial charge in [0.15, 0.2) is 0 Å². The number of benzene rings is 1. The van der Waals surface area contributed by atoms with Crippen LogP contribution in [0.1, 0.15) is 18.4 Å². The van der Waals surface area contributed by atoms with Gasteiger partial charge in [0.25, 0.3) is 0 Å². The van der Waals surface area contributed by atoms with Gasteiger partial charge in [-0.2, -0.15) is 0 Å². The molecule has 1 fully saturated rings. The summed E-state index contributed by atoms with van der Waals surface area (Å²) >= 11 is 0. The largest absolute Gasteiger partial charge is 0.388 e. The number of rotatable bonds is 8. The van der Waals surface area contributed by atoms with Gasteiger partial charge in [-0.3, -0.25) is 0 Å². The number of hydrogen-bond acceptors (Lipinski definition) is 4. The van der Waals surface area contributed by atoms with Gasteiger partial charge in [0.1, 0.15) is 6.10 Å². The van der Waals surface area contributed by atoms with E-state index in [0.717, 1.165) is 25.3 Å². The van der Waals surface area contributed by atoms with Crippen LogP contribution in [0.25, 0.3) is 0 Å². The van der Waals surface area contributed by atoms with Crippen LogP contribution in [0.15, 0.2) is 30.3 Å². The molecule has 1 saturated heterocycles. The van der Waals surface area contributed by atoms with E-state index >= 15 is 0 Å². The molecule has 2 atom stereocenters. The third kappa shape index (κ3) is 6.01. The van der Waals surface area contributed by atoms with Crippen molar-refractivity contribution < 1.29 is 14.6 Å². The minimum atomic E-state index is -0.546. The molecule has 0 spiro atoms. The molecule has 0 aromatic heterocycles. The van der Waals surface area contributed by atoms with E-state index in [1.165, 1.54) is 12.8 Å². The average Bonchev–Trinajstić information content (AvgIpc) is 2.49. The SMILES string of the molecule is OC(COCc1ccccc1)COCC1CCCNC1.